The van der Waals surface area contributed by atoms with E-state index in [1.165, 1.54) is 0 Å². The number of amides is 1. The lowest BCUT2D eigenvalue weighted by molar-refractivity contribution is -0.121. The Labute approximate surface area is 141 Å². The quantitative estimate of drug-likeness (QED) is 0.862. The summed E-state index contributed by atoms with van der Waals surface area (Å²) in [5, 5.41) is 7.44. The molecule has 1 amide bonds. The van der Waals surface area contributed by atoms with Crippen LogP contribution in [0.15, 0.2) is 18.2 Å². The van der Waals surface area contributed by atoms with Crippen LogP contribution in [-0.4, -0.2) is 31.7 Å². The van der Waals surface area contributed by atoms with E-state index in [-0.39, 0.29) is 18.5 Å². The first kappa shape index (κ1) is 17.5. The first-order valence-corrected chi connectivity index (χ1v) is 8.22. The van der Waals surface area contributed by atoms with Gasteiger partial charge in [-0.05, 0) is 38.8 Å². The first-order chi connectivity index (χ1) is 10.4. The van der Waals surface area contributed by atoms with Crippen LogP contribution in [0, 0.1) is 0 Å². The van der Waals surface area contributed by atoms with Crippen LogP contribution < -0.4 is 10.6 Å². The fourth-order valence-corrected chi connectivity index (χ4v) is 3.48. The minimum absolute atomic E-state index is 0.0249. The SMILES string of the molecule is CC(C)(NCC(=O)NC1CCOCC1)c1c(Cl)cccc1Cl. The van der Waals surface area contributed by atoms with Crippen LogP contribution in [-0.2, 0) is 15.1 Å². The molecule has 0 bridgehead atoms. The Balaban J connectivity index is 1.93. The third kappa shape index (κ3) is 4.59. The fraction of sp³-hybridized carbons (Fsp3) is 0.562. The highest BCUT2D eigenvalue weighted by molar-refractivity contribution is 6.36. The van der Waals surface area contributed by atoms with Crippen LogP contribution >= 0.6 is 23.2 Å². The summed E-state index contributed by atoms with van der Waals surface area (Å²) in [6, 6.07) is 5.61. The predicted molar refractivity (Wildman–Crippen MR) is 89.5 cm³/mol. The van der Waals surface area contributed by atoms with Crippen molar-refractivity contribution in [3.8, 4) is 0 Å². The van der Waals surface area contributed by atoms with Crippen molar-refractivity contribution < 1.29 is 9.53 Å². The van der Waals surface area contributed by atoms with Crippen LogP contribution in [0.1, 0.15) is 32.3 Å². The maximum atomic E-state index is 12.1. The molecule has 122 valence electrons. The molecule has 0 unspecified atom stereocenters. The first-order valence-electron chi connectivity index (χ1n) is 7.47. The normalized spacial score (nSPS) is 16.5. The molecule has 1 aromatic rings. The summed E-state index contributed by atoms with van der Waals surface area (Å²) in [5.74, 6) is -0.0249. The van der Waals surface area contributed by atoms with Gasteiger partial charge in [-0.1, -0.05) is 29.3 Å². The fourth-order valence-electron chi connectivity index (χ4n) is 2.61. The summed E-state index contributed by atoms with van der Waals surface area (Å²) >= 11 is 12.5. The lowest BCUT2D eigenvalue weighted by Crippen LogP contribution is -2.47. The van der Waals surface area contributed by atoms with Gasteiger partial charge in [0.05, 0.1) is 6.54 Å². The summed E-state index contributed by atoms with van der Waals surface area (Å²) in [4.78, 5) is 12.1. The van der Waals surface area contributed by atoms with Gasteiger partial charge in [-0.3, -0.25) is 10.1 Å². The van der Waals surface area contributed by atoms with E-state index in [1.807, 2.05) is 19.9 Å². The molecule has 4 nitrogen and oxygen atoms in total. The molecule has 1 heterocycles. The maximum Gasteiger partial charge on any atom is 0.234 e. The zero-order chi connectivity index (χ0) is 16.2. The van der Waals surface area contributed by atoms with Gasteiger partial charge in [0.25, 0.3) is 0 Å². The molecule has 1 saturated heterocycles. The molecule has 2 rings (SSSR count). The summed E-state index contributed by atoms with van der Waals surface area (Å²) in [6.45, 7) is 5.55. The number of rotatable bonds is 5. The van der Waals surface area contributed by atoms with Gasteiger partial charge < -0.3 is 10.1 Å². The van der Waals surface area contributed by atoms with Crippen molar-refractivity contribution >= 4 is 29.1 Å². The number of benzene rings is 1. The predicted octanol–water partition coefficient (Wildman–Crippen LogP) is 3.11. The lowest BCUT2D eigenvalue weighted by atomic mass is 9.94. The maximum absolute atomic E-state index is 12.1. The van der Waals surface area contributed by atoms with Crippen LogP contribution in [0.25, 0.3) is 0 Å². The van der Waals surface area contributed by atoms with Crippen molar-refractivity contribution in [3.05, 3.63) is 33.8 Å². The van der Waals surface area contributed by atoms with Crippen molar-refractivity contribution in [1.29, 1.82) is 0 Å². The number of hydrogen-bond donors (Lipinski definition) is 2. The van der Waals surface area contributed by atoms with Crippen molar-refractivity contribution in [2.45, 2.75) is 38.3 Å². The Bertz CT molecular complexity index is 509. The number of carbonyl (C=O) groups excluding carboxylic acids is 1. The van der Waals surface area contributed by atoms with E-state index in [0.29, 0.717) is 23.3 Å². The summed E-state index contributed by atoms with van der Waals surface area (Å²) in [5.41, 5.74) is 0.305. The van der Waals surface area contributed by atoms with Crippen molar-refractivity contribution in [2.24, 2.45) is 0 Å². The van der Waals surface area contributed by atoms with Gasteiger partial charge in [0.2, 0.25) is 5.91 Å². The summed E-state index contributed by atoms with van der Waals surface area (Å²) in [7, 11) is 0. The number of hydrogen-bond acceptors (Lipinski definition) is 3. The molecule has 1 fully saturated rings. The summed E-state index contributed by atoms with van der Waals surface area (Å²) < 4.78 is 5.28. The number of halogens is 2. The minimum atomic E-state index is -0.498. The Kier molecular flexibility index (Phi) is 6.09. The Hall–Kier alpha value is -0.810. The highest BCUT2D eigenvalue weighted by atomic mass is 35.5. The van der Waals surface area contributed by atoms with Crippen molar-refractivity contribution in [3.63, 3.8) is 0 Å². The molecule has 0 aliphatic carbocycles. The Morgan fingerprint density at radius 1 is 1.27 bits per heavy atom. The molecular weight excluding hydrogens is 323 g/mol. The van der Waals surface area contributed by atoms with E-state index < -0.39 is 5.54 Å². The third-order valence-corrected chi connectivity index (χ3v) is 4.50. The van der Waals surface area contributed by atoms with Gasteiger partial charge in [0.1, 0.15) is 0 Å². The zero-order valence-corrected chi connectivity index (χ0v) is 14.4. The minimum Gasteiger partial charge on any atom is -0.381 e. The van der Waals surface area contributed by atoms with Gasteiger partial charge in [0.15, 0.2) is 0 Å². The van der Waals surface area contributed by atoms with E-state index in [2.05, 4.69) is 10.6 Å². The Morgan fingerprint density at radius 2 is 1.86 bits per heavy atom. The van der Waals surface area contributed by atoms with E-state index in [0.717, 1.165) is 18.4 Å². The third-order valence-electron chi connectivity index (χ3n) is 3.87. The van der Waals surface area contributed by atoms with Gasteiger partial charge in [-0.25, -0.2) is 0 Å². The molecular formula is C16H22Cl2N2O2. The van der Waals surface area contributed by atoms with Crippen LogP contribution in [0.2, 0.25) is 10.0 Å². The molecule has 0 radical (unpaired) electrons. The van der Waals surface area contributed by atoms with Crippen LogP contribution in [0.3, 0.4) is 0 Å². The number of carbonyl (C=O) groups is 1. The number of nitrogens with one attached hydrogen (secondary N) is 2. The molecule has 2 N–H and O–H groups in total. The van der Waals surface area contributed by atoms with Crippen LogP contribution in [0.5, 0.6) is 0 Å². The molecule has 0 atom stereocenters. The van der Waals surface area contributed by atoms with E-state index in [4.69, 9.17) is 27.9 Å². The molecule has 6 heteroatoms. The van der Waals surface area contributed by atoms with Gasteiger partial charge in [-0.15, -0.1) is 0 Å². The molecule has 1 aliphatic heterocycles. The van der Waals surface area contributed by atoms with Gasteiger partial charge in [-0.2, -0.15) is 0 Å². The van der Waals surface area contributed by atoms with E-state index >= 15 is 0 Å². The van der Waals surface area contributed by atoms with Gasteiger partial charge >= 0.3 is 0 Å². The standard InChI is InChI=1S/C16H22Cl2N2O2/c1-16(2,15-12(17)4-3-5-13(15)18)19-10-14(21)20-11-6-8-22-9-7-11/h3-5,11,19H,6-10H2,1-2H3,(H,20,21). The summed E-state index contributed by atoms with van der Waals surface area (Å²) in [6.07, 6.45) is 1.73. The second-order valence-electron chi connectivity index (χ2n) is 6.03. The molecule has 22 heavy (non-hydrogen) atoms. The van der Waals surface area contributed by atoms with Crippen LogP contribution in [0.4, 0.5) is 0 Å². The highest BCUT2D eigenvalue weighted by Gasteiger charge is 2.26. The molecule has 0 aromatic heterocycles. The smallest absolute Gasteiger partial charge is 0.234 e. The average Bonchev–Trinajstić information content (AvgIpc) is 2.46. The van der Waals surface area contributed by atoms with Crippen molar-refractivity contribution in [2.75, 3.05) is 19.8 Å². The molecule has 0 saturated carbocycles. The second kappa shape index (κ2) is 7.64. The zero-order valence-electron chi connectivity index (χ0n) is 12.9. The molecule has 0 spiro atoms. The monoisotopic (exact) mass is 344 g/mol. The lowest BCUT2D eigenvalue weighted by Gasteiger charge is -2.29. The highest BCUT2D eigenvalue weighted by Crippen LogP contribution is 2.33. The largest absolute Gasteiger partial charge is 0.381 e. The second-order valence-corrected chi connectivity index (χ2v) is 6.84. The molecule has 1 aromatic carbocycles. The average molecular weight is 345 g/mol. The Morgan fingerprint density at radius 3 is 2.45 bits per heavy atom. The topological polar surface area (TPSA) is 50.4 Å². The molecule has 1 aliphatic rings. The van der Waals surface area contributed by atoms with Gasteiger partial charge in [0, 0.05) is 40.4 Å². The van der Waals surface area contributed by atoms with E-state index in [9.17, 15) is 4.79 Å². The van der Waals surface area contributed by atoms with Crippen molar-refractivity contribution in [1.82, 2.24) is 10.6 Å². The number of ether oxygens (including phenoxy) is 1. The van der Waals surface area contributed by atoms with E-state index in [1.54, 1.807) is 12.1 Å².